The highest BCUT2D eigenvalue weighted by Gasteiger charge is 2.36. The molecular formula is C17H19ClF3N3O2. The molecule has 0 unspecified atom stereocenters. The van der Waals surface area contributed by atoms with Crippen molar-refractivity contribution in [3.8, 4) is 11.3 Å². The molecule has 0 fully saturated rings. The third kappa shape index (κ3) is 3.95. The monoisotopic (exact) mass is 389 g/mol. The molecule has 0 amide bonds. The minimum absolute atomic E-state index is 0.0124. The van der Waals surface area contributed by atoms with Crippen LogP contribution in [0.25, 0.3) is 11.3 Å². The highest BCUT2D eigenvalue weighted by atomic mass is 35.5. The van der Waals surface area contributed by atoms with Crippen molar-refractivity contribution in [2.45, 2.75) is 46.0 Å². The molecule has 26 heavy (non-hydrogen) atoms. The van der Waals surface area contributed by atoms with Crippen molar-refractivity contribution >= 4 is 23.3 Å². The lowest BCUT2D eigenvalue weighted by Crippen LogP contribution is -2.33. The molecule has 0 spiro atoms. The molecule has 0 saturated carbocycles. The first kappa shape index (κ1) is 20.1. The highest BCUT2D eigenvalue weighted by molar-refractivity contribution is 6.35. The third-order valence-electron chi connectivity index (χ3n) is 4.01. The number of anilines is 1. The molecule has 142 valence electrons. The average molecular weight is 390 g/mol. The summed E-state index contributed by atoms with van der Waals surface area (Å²) in [6, 6.07) is 3.06. The normalized spacial score (nSPS) is 12.9. The number of carboxylic acid groups (broad SMARTS) is 1. The van der Waals surface area contributed by atoms with Crippen LogP contribution < -0.4 is 5.32 Å². The number of aryl methyl sites for hydroxylation is 2. The van der Waals surface area contributed by atoms with Gasteiger partial charge in [-0.3, -0.25) is 4.68 Å². The Hall–Kier alpha value is -2.22. The first-order valence-corrected chi connectivity index (χ1v) is 8.44. The Morgan fingerprint density at radius 1 is 1.38 bits per heavy atom. The van der Waals surface area contributed by atoms with Crippen molar-refractivity contribution in [3.63, 3.8) is 0 Å². The van der Waals surface area contributed by atoms with Gasteiger partial charge in [-0.05, 0) is 38.0 Å². The van der Waals surface area contributed by atoms with E-state index in [1.807, 2.05) is 6.92 Å². The van der Waals surface area contributed by atoms with Crippen molar-refractivity contribution in [2.75, 3.05) is 5.32 Å². The fourth-order valence-corrected chi connectivity index (χ4v) is 2.92. The van der Waals surface area contributed by atoms with Crippen LogP contribution in [-0.2, 0) is 13.0 Å². The van der Waals surface area contributed by atoms with E-state index in [-0.39, 0.29) is 10.7 Å². The predicted octanol–water partition coefficient (Wildman–Crippen LogP) is 4.85. The fourth-order valence-electron chi connectivity index (χ4n) is 2.60. The molecule has 2 N–H and O–H groups in total. The van der Waals surface area contributed by atoms with E-state index in [0.29, 0.717) is 29.9 Å². The number of aromatic carboxylic acids is 1. The van der Waals surface area contributed by atoms with Gasteiger partial charge in [-0.2, -0.15) is 18.3 Å². The van der Waals surface area contributed by atoms with Gasteiger partial charge in [-0.1, -0.05) is 24.6 Å². The van der Waals surface area contributed by atoms with Gasteiger partial charge in [0.15, 0.2) is 5.69 Å². The first-order valence-electron chi connectivity index (χ1n) is 8.06. The number of benzene rings is 1. The van der Waals surface area contributed by atoms with Crippen LogP contribution in [0, 0.1) is 0 Å². The SMILES string of the molecule is CCc1cc(N[C@H](C)C(F)(F)F)ccc1-c1c(Cl)c(C(=O)O)nn1CC. The molecule has 1 aromatic heterocycles. The van der Waals surface area contributed by atoms with Gasteiger partial charge in [-0.15, -0.1) is 0 Å². The van der Waals surface area contributed by atoms with Crippen molar-refractivity contribution in [3.05, 3.63) is 34.5 Å². The van der Waals surface area contributed by atoms with Gasteiger partial charge in [-0.25, -0.2) is 4.79 Å². The smallest absolute Gasteiger partial charge is 0.408 e. The van der Waals surface area contributed by atoms with E-state index in [9.17, 15) is 23.1 Å². The van der Waals surface area contributed by atoms with Gasteiger partial charge in [0.2, 0.25) is 0 Å². The molecular weight excluding hydrogens is 371 g/mol. The Labute approximate surface area is 153 Å². The zero-order chi connectivity index (χ0) is 19.6. The largest absolute Gasteiger partial charge is 0.476 e. The molecule has 1 heterocycles. The minimum atomic E-state index is -4.36. The van der Waals surface area contributed by atoms with Gasteiger partial charge < -0.3 is 10.4 Å². The van der Waals surface area contributed by atoms with E-state index in [1.54, 1.807) is 19.1 Å². The van der Waals surface area contributed by atoms with E-state index in [4.69, 9.17) is 11.6 Å². The summed E-state index contributed by atoms with van der Waals surface area (Å²) < 4.78 is 39.7. The zero-order valence-corrected chi connectivity index (χ0v) is 15.2. The van der Waals surface area contributed by atoms with E-state index < -0.39 is 18.2 Å². The maximum atomic E-state index is 12.7. The number of hydrogen-bond acceptors (Lipinski definition) is 3. The van der Waals surface area contributed by atoms with Gasteiger partial charge in [0.05, 0.1) is 5.69 Å². The Kier molecular flexibility index (Phi) is 5.85. The van der Waals surface area contributed by atoms with Crippen LogP contribution in [0.4, 0.5) is 18.9 Å². The molecule has 0 radical (unpaired) electrons. The number of halogens is 4. The number of carboxylic acids is 1. The van der Waals surface area contributed by atoms with Crippen LogP contribution in [0.5, 0.6) is 0 Å². The number of rotatable bonds is 6. The highest BCUT2D eigenvalue weighted by Crippen LogP contribution is 2.35. The lowest BCUT2D eigenvalue weighted by atomic mass is 10.0. The molecule has 5 nitrogen and oxygen atoms in total. The number of nitrogens with zero attached hydrogens (tertiary/aromatic N) is 2. The van der Waals surface area contributed by atoms with Crippen LogP contribution in [-0.4, -0.2) is 33.1 Å². The number of hydrogen-bond donors (Lipinski definition) is 2. The van der Waals surface area contributed by atoms with Crippen molar-refractivity contribution in [1.82, 2.24) is 9.78 Å². The fraction of sp³-hybridized carbons (Fsp3) is 0.412. The maximum absolute atomic E-state index is 12.7. The summed E-state index contributed by atoms with van der Waals surface area (Å²) in [5, 5.41) is 15.7. The summed E-state index contributed by atoms with van der Waals surface area (Å²) in [6.45, 7) is 5.10. The quantitative estimate of drug-likeness (QED) is 0.741. The number of aromatic nitrogens is 2. The third-order valence-corrected chi connectivity index (χ3v) is 4.37. The molecule has 1 aromatic carbocycles. The van der Waals surface area contributed by atoms with Crippen LogP contribution in [0.3, 0.4) is 0 Å². The van der Waals surface area contributed by atoms with Crippen LogP contribution in [0.15, 0.2) is 18.2 Å². The van der Waals surface area contributed by atoms with Crippen molar-refractivity contribution in [2.24, 2.45) is 0 Å². The van der Waals surface area contributed by atoms with Crippen LogP contribution >= 0.6 is 11.6 Å². The minimum Gasteiger partial charge on any atom is -0.476 e. The number of alkyl halides is 3. The van der Waals surface area contributed by atoms with Gasteiger partial charge in [0.1, 0.15) is 11.1 Å². The predicted molar refractivity (Wildman–Crippen MR) is 93.8 cm³/mol. The van der Waals surface area contributed by atoms with E-state index >= 15 is 0 Å². The Morgan fingerprint density at radius 3 is 2.54 bits per heavy atom. The maximum Gasteiger partial charge on any atom is 0.408 e. The van der Waals surface area contributed by atoms with Gasteiger partial charge in [0, 0.05) is 17.8 Å². The molecule has 2 rings (SSSR count). The van der Waals surface area contributed by atoms with E-state index in [0.717, 1.165) is 12.5 Å². The average Bonchev–Trinajstić information content (AvgIpc) is 2.90. The van der Waals surface area contributed by atoms with Crippen molar-refractivity contribution < 1.29 is 23.1 Å². The Bertz CT molecular complexity index is 818. The van der Waals surface area contributed by atoms with Gasteiger partial charge in [0.25, 0.3) is 0 Å². The van der Waals surface area contributed by atoms with E-state index in [2.05, 4.69) is 10.4 Å². The molecule has 0 saturated heterocycles. The summed E-state index contributed by atoms with van der Waals surface area (Å²) in [5.41, 5.74) is 1.90. The molecule has 0 aliphatic rings. The molecule has 2 aromatic rings. The lowest BCUT2D eigenvalue weighted by Gasteiger charge is -2.20. The molecule has 0 bridgehead atoms. The lowest BCUT2D eigenvalue weighted by molar-refractivity contribution is -0.138. The number of nitrogens with one attached hydrogen (secondary N) is 1. The molecule has 9 heteroatoms. The number of carbonyl (C=O) groups is 1. The van der Waals surface area contributed by atoms with Crippen LogP contribution in [0.2, 0.25) is 5.02 Å². The topological polar surface area (TPSA) is 67.2 Å². The van der Waals surface area contributed by atoms with Crippen molar-refractivity contribution in [1.29, 1.82) is 0 Å². The Morgan fingerprint density at radius 2 is 2.04 bits per heavy atom. The summed E-state index contributed by atoms with van der Waals surface area (Å²) in [5.74, 6) is -1.24. The molecule has 1 atom stereocenters. The first-order chi connectivity index (χ1) is 12.1. The molecule has 0 aliphatic carbocycles. The Balaban J connectivity index is 2.50. The summed E-state index contributed by atoms with van der Waals surface area (Å²) in [6.07, 6.45) is -3.83. The van der Waals surface area contributed by atoms with Gasteiger partial charge >= 0.3 is 12.1 Å². The van der Waals surface area contributed by atoms with E-state index in [1.165, 1.54) is 10.7 Å². The second kappa shape index (κ2) is 7.57. The molecule has 0 aliphatic heterocycles. The standard InChI is InChI=1S/C17H19ClF3N3O2/c1-4-10-8-11(22-9(3)17(19,20)21)6-7-12(10)15-13(18)14(16(25)26)23-24(15)5-2/h6-9,22H,4-5H2,1-3H3,(H,25,26)/t9-/m1/s1. The summed E-state index contributed by atoms with van der Waals surface area (Å²) >= 11 is 6.22. The zero-order valence-electron chi connectivity index (χ0n) is 14.5. The second-order valence-electron chi connectivity index (χ2n) is 5.77. The second-order valence-corrected chi connectivity index (χ2v) is 6.14. The summed E-state index contributed by atoms with van der Waals surface area (Å²) in [7, 11) is 0. The van der Waals surface area contributed by atoms with Crippen LogP contribution in [0.1, 0.15) is 36.8 Å². The summed E-state index contributed by atoms with van der Waals surface area (Å²) in [4.78, 5) is 11.3.